The first-order valence-electron chi connectivity index (χ1n) is 18.8. The van der Waals surface area contributed by atoms with Gasteiger partial charge in [-0.1, -0.05) is 62.8 Å². The smallest absolute Gasteiger partial charge is 0.127 e. The van der Waals surface area contributed by atoms with E-state index in [1.165, 1.54) is 11.1 Å². The van der Waals surface area contributed by atoms with Gasteiger partial charge in [-0.3, -0.25) is 0 Å². The minimum absolute atomic E-state index is 0.124. The third-order valence-electron chi connectivity index (χ3n) is 12.1. The quantitative estimate of drug-likeness (QED) is 0.200. The van der Waals surface area contributed by atoms with Crippen LogP contribution in [0.4, 0.5) is 0 Å². The fraction of sp³-hybridized carbons (Fsp3) is 0.628. The molecule has 0 radical (unpaired) electrons. The largest absolute Gasteiger partial charge is 0.507 e. The zero-order valence-corrected chi connectivity index (χ0v) is 30.5. The van der Waals surface area contributed by atoms with Crippen LogP contribution in [0.5, 0.6) is 23.0 Å². The summed E-state index contributed by atoms with van der Waals surface area (Å²) in [6.45, 7) is 17.8. The molecule has 6 rings (SSSR count). The van der Waals surface area contributed by atoms with Crippen molar-refractivity contribution in [3.8, 4) is 23.0 Å². The van der Waals surface area contributed by atoms with Gasteiger partial charge in [-0.05, 0) is 116 Å². The highest BCUT2D eigenvalue weighted by Gasteiger charge is 2.47. The average Bonchev–Trinajstić information content (AvgIpc) is 2.99. The molecule has 4 atom stereocenters. The molecule has 2 aliphatic carbocycles. The van der Waals surface area contributed by atoms with Crippen molar-refractivity contribution in [3.63, 3.8) is 0 Å². The van der Waals surface area contributed by atoms with Gasteiger partial charge in [-0.2, -0.15) is 0 Å². The van der Waals surface area contributed by atoms with Crippen molar-refractivity contribution in [2.24, 2.45) is 11.8 Å². The number of unbranched alkanes of at least 4 members (excludes halogenated alkanes) is 4. The molecule has 2 aromatic rings. The minimum Gasteiger partial charge on any atom is -0.507 e. The molecule has 2 aromatic carbocycles. The van der Waals surface area contributed by atoms with Crippen molar-refractivity contribution in [1.29, 1.82) is 0 Å². The highest BCUT2D eigenvalue weighted by Crippen LogP contribution is 2.57. The summed E-state index contributed by atoms with van der Waals surface area (Å²) in [4.78, 5) is 0. The molecular formula is C43H60O4. The number of ether oxygens (including phenoxy) is 2. The number of aromatic hydroxyl groups is 2. The van der Waals surface area contributed by atoms with Gasteiger partial charge in [0.15, 0.2) is 0 Å². The molecule has 4 heteroatoms. The molecule has 0 saturated carbocycles. The van der Waals surface area contributed by atoms with Crippen LogP contribution >= 0.6 is 0 Å². The number of fused-ring (bicyclic) bond motifs is 6. The van der Waals surface area contributed by atoms with Crippen LogP contribution in [-0.2, 0) is 19.3 Å². The lowest BCUT2D eigenvalue weighted by Crippen LogP contribution is -2.45. The molecule has 0 fully saturated rings. The Morgan fingerprint density at radius 1 is 0.660 bits per heavy atom. The molecule has 256 valence electrons. The highest BCUT2D eigenvalue weighted by atomic mass is 16.5. The summed E-state index contributed by atoms with van der Waals surface area (Å²) >= 11 is 0. The Hall–Kier alpha value is -2.88. The minimum atomic E-state index is -0.303. The van der Waals surface area contributed by atoms with Crippen molar-refractivity contribution in [2.45, 2.75) is 162 Å². The Kier molecular flexibility index (Phi) is 9.55. The number of hydrogen-bond acceptors (Lipinski definition) is 4. The third-order valence-corrected chi connectivity index (χ3v) is 12.1. The first-order valence-corrected chi connectivity index (χ1v) is 18.8. The summed E-state index contributed by atoms with van der Waals surface area (Å²) < 4.78 is 13.5. The Balaban J connectivity index is 1.53. The number of phenols is 2. The number of allylic oxidation sites excluding steroid dienone is 4. The van der Waals surface area contributed by atoms with Crippen LogP contribution < -0.4 is 9.47 Å². The maximum absolute atomic E-state index is 12.4. The van der Waals surface area contributed by atoms with Crippen molar-refractivity contribution in [3.05, 3.63) is 68.8 Å². The first-order chi connectivity index (χ1) is 22.4. The predicted molar refractivity (Wildman–Crippen MR) is 193 cm³/mol. The van der Waals surface area contributed by atoms with E-state index in [9.17, 15) is 10.2 Å². The molecule has 0 aromatic heterocycles. The Bertz CT molecular complexity index is 1440. The molecular weight excluding hydrogens is 580 g/mol. The molecule has 2 heterocycles. The molecule has 0 spiro atoms. The van der Waals surface area contributed by atoms with E-state index in [1.54, 1.807) is 0 Å². The highest BCUT2D eigenvalue weighted by molar-refractivity contribution is 5.63. The zero-order chi connectivity index (χ0) is 33.7. The van der Waals surface area contributed by atoms with Gasteiger partial charge in [0.25, 0.3) is 0 Å². The number of rotatable bonds is 10. The first kappa shape index (κ1) is 34.0. The second-order valence-electron chi connectivity index (χ2n) is 16.4. The summed E-state index contributed by atoms with van der Waals surface area (Å²) in [5.74, 6) is 3.31. The van der Waals surface area contributed by atoms with E-state index in [4.69, 9.17) is 9.47 Å². The normalized spacial score (nSPS) is 25.3. The van der Waals surface area contributed by atoms with Crippen molar-refractivity contribution in [1.82, 2.24) is 0 Å². The van der Waals surface area contributed by atoms with Crippen LogP contribution in [0, 0.1) is 11.8 Å². The second-order valence-corrected chi connectivity index (χ2v) is 16.4. The number of aryl methyl sites for hydroxylation is 2. The Morgan fingerprint density at radius 2 is 1.06 bits per heavy atom. The topological polar surface area (TPSA) is 58.9 Å². The number of hydrogen-bond donors (Lipinski definition) is 2. The van der Waals surface area contributed by atoms with Crippen molar-refractivity contribution < 1.29 is 19.7 Å². The van der Waals surface area contributed by atoms with E-state index in [0.29, 0.717) is 29.8 Å². The van der Waals surface area contributed by atoms with Crippen molar-refractivity contribution in [2.75, 3.05) is 0 Å². The lowest BCUT2D eigenvalue weighted by atomic mass is 9.67. The second kappa shape index (κ2) is 13.2. The number of benzene rings is 2. The van der Waals surface area contributed by atoms with Gasteiger partial charge in [-0.25, -0.2) is 0 Å². The average molecular weight is 641 g/mol. The van der Waals surface area contributed by atoms with Gasteiger partial charge in [0.1, 0.15) is 34.2 Å². The van der Waals surface area contributed by atoms with Gasteiger partial charge >= 0.3 is 0 Å². The van der Waals surface area contributed by atoms with Gasteiger partial charge in [0.2, 0.25) is 0 Å². The Morgan fingerprint density at radius 3 is 1.45 bits per heavy atom. The molecule has 4 aliphatic rings. The molecule has 2 N–H and O–H groups in total. The van der Waals surface area contributed by atoms with E-state index in [-0.39, 0.29) is 23.0 Å². The van der Waals surface area contributed by atoms with Gasteiger partial charge in [-0.15, -0.1) is 0 Å². The standard InChI is InChI=1S/C43H60O4/c1-9-11-13-15-28-23-36-38(32-21-26(3)17-19-34(32)42(5,6)46-36)40(44)30(28)25-31-29(16-14-12-10-2)24-37-39(41(31)45)33-22-27(4)18-20-35(33)43(7,8)47-37/h21-24,32-35,44-45H,9-20,25H2,1-8H3. The Labute approximate surface area is 284 Å². The van der Waals surface area contributed by atoms with E-state index in [0.717, 1.165) is 122 Å². The maximum atomic E-state index is 12.4. The maximum Gasteiger partial charge on any atom is 0.127 e. The molecule has 0 bridgehead atoms. The lowest BCUT2D eigenvalue weighted by molar-refractivity contribution is 0.0104. The van der Waals surface area contributed by atoms with E-state index >= 15 is 0 Å². The van der Waals surface area contributed by atoms with Crippen LogP contribution in [0.25, 0.3) is 0 Å². The van der Waals surface area contributed by atoms with Crippen LogP contribution in [0.3, 0.4) is 0 Å². The van der Waals surface area contributed by atoms with E-state index in [2.05, 4.69) is 79.7 Å². The summed E-state index contributed by atoms with van der Waals surface area (Å²) in [6.07, 6.45) is 18.0. The lowest BCUT2D eigenvalue weighted by Gasteiger charge is -2.47. The molecule has 47 heavy (non-hydrogen) atoms. The molecule has 2 aliphatic heterocycles. The van der Waals surface area contributed by atoms with E-state index in [1.807, 2.05) is 0 Å². The summed E-state index contributed by atoms with van der Waals surface area (Å²) in [7, 11) is 0. The number of phenolic OH excluding ortho intramolecular Hbond substituents is 2. The SMILES string of the molecule is CCCCCc1cc2c(c(O)c1Cc1c(CCCCC)cc3c(c1O)C1C=C(C)CCC1C(C)(C)O3)C1C=C(C)CCC1C(C)(C)O2. The van der Waals surface area contributed by atoms with Gasteiger partial charge in [0, 0.05) is 52.3 Å². The monoisotopic (exact) mass is 640 g/mol. The van der Waals surface area contributed by atoms with Crippen LogP contribution in [0.15, 0.2) is 35.4 Å². The summed E-state index contributed by atoms with van der Waals surface area (Å²) in [5.41, 5.74) is 8.31. The summed E-state index contributed by atoms with van der Waals surface area (Å²) in [6, 6.07) is 4.49. The third kappa shape index (κ3) is 6.35. The van der Waals surface area contributed by atoms with Gasteiger partial charge < -0.3 is 19.7 Å². The molecule has 4 unspecified atom stereocenters. The van der Waals surface area contributed by atoms with Gasteiger partial charge in [0.05, 0.1) is 0 Å². The van der Waals surface area contributed by atoms with Crippen molar-refractivity contribution >= 4 is 0 Å². The molecule has 0 saturated heterocycles. The summed E-state index contributed by atoms with van der Waals surface area (Å²) in [5, 5.41) is 24.9. The van der Waals surface area contributed by atoms with Crippen LogP contribution in [-0.4, -0.2) is 21.4 Å². The zero-order valence-electron chi connectivity index (χ0n) is 30.5. The fourth-order valence-electron chi connectivity index (χ4n) is 9.46. The van der Waals surface area contributed by atoms with Crippen LogP contribution in [0.1, 0.15) is 165 Å². The predicted octanol–water partition coefficient (Wildman–Crippen LogP) is 11.4. The molecule has 0 amide bonds. The van der Waals surface area contributed by atoms with E-state index < -0.39 is 0 Å². The molecule has 4 nitrogen and oxygen atoms in total. The van der Waals surface area contributed by atoms with Crippen LogP contribution in [0.2, 0.25) is 0 Å². The fourth-order valence-corrected chi connectivity index (χ4v) is 9.46.